The number of aliphatic carboxylic acids is 2. The van der Waals surface area contributed by atoms with E-state index in [4.69, 9.17) is 10.2 Å². The van der Waals surface area contributed by atoms with Gasteiger partial charge in [0.2, 0.25) is 0 Å². The molecule has 0 spiro atoms. The fraction of sp³-hybridized carbons (Fsp3) is 0.944. The molecule has 0 bridgehead atoms. The van der Waals surface area contributed by atoms with E-state index in [1.807, 2.05) is 0 Å². The molecule has 4 N–H and O–H groups in total. The Labute approximate surface area is 278 Å². The predicted molar refractivity (Wildman–Crippen MR) is 187 cm³/mol. The molecular weight excluding hydrogens is 537 g/mol. The normalized spacial score (nSPS) is 10.3. The second-order valence-corrected chi connectivity index (χ2v) is 12.2. The smallest absolute Gasteiger partial charge is 0.316 e. The summed E-state index contributed by atoms with van der Waals surface area (Å²) in [5.74, 6) is -1.31. The minimum atomic E-state index is -0.653. The van der Waals surface area contributed by atoms with Crippen molar-refractivity contribution in [3.8, 4) is 0 Å². The number of carboxylic acid groups (broad SMARTS) is 2. The lowest BCUT2D eigenvalue weighted by Crippen LogP contribution is -1.93. The lowest BCUT2D eigenvalue weighted by atomic mass is 10.0. The van der Waals surface area contributed by atoms with Crippen molar-refractivity contribution < 1.29 is 25.3 Å². The molecule has 252 valence electrons. The largest absolute Gasteiger partial charge is 0.481 e. The molecule has 42 heavy (non-hydrogen) atoms. The van der Waals surface area contributed by atoms with E-state index in [9.17, 15) is 9.59 Å². The molecule has 0 fully saturated rings. The minimum Gasteiger partial charge on any atom is -0.481 e. The Morgan fingerprint density at radius 2 is 0.476 bits per heavy atom. The third-order valence-corrected chi connectivity index (χ3v) is 7.99. The number of hydrogen-bond acceptors (Lipinski definition) is 2. The number of unbranched alkanes of at least 4 members (excludes halogenated alkanes) is 28. The van der Waals surface area contributed by atoms with Crippen LogP contribution in [-0.2, 0) is 9.59 Å². The van der Waals surface area contributed by atoms with Crippen LogP contribution in [0.1, 0.15) is 219 Å². The summed E-state index contributed by atoms with van der Waals surface area (Å²) < 4.78 is 0. The first kappa shape index (κ1) is 48.6. The maximum Gasteiger partial charge on any atom is 0.316 e. The van der Waals surface area contributed by atoms with Gasteiger partial charge < -0.3 is 15.7 Å². The van der Waals surface area contributed by atoms with Gasteiger partial charge in [0, 0.05) is 12.8 Å². The summed E-state index contributed by atoms with van der Waals surface area (Å²) in [6.07, 6.45) is 40.4. The monoisotopic (exact) mass is 613 g/mol. The molecule has 0 rings (SSSR count). The van der Waals surface area contributed by atoms with Gasteiger partial charge in [-0.3, -0.25) is 9.59 Å². The summed E-state index contributed by atoms with van der Waals surface area (Å²) in [7, 11) is 0. The zero-order valence-electron chi connectivity index (χ0n) is 27.8. The van der Waals surface area contributed by atoms with Crippen molar-refractivity contribution in [2.75, 3.05) is 0 Å². The van der Waals surface area contributed by atoms with Crippen molar-refractivity contribution in [3.05, 3.63) is 0 Å². The van der Waals surface area contributed by atoms with E-state index in [0.717, 1.165) is 25.7 Å². The van der Waals surface area contributed by atoms with Gasteiger partial charge in [0.15, 0.2) is 0 Å². The van der Waals surface area contributed by atoms with Gasteiger partial charge in [-0.25, -0.2) is 0 Å². The average molecular weight is 613 g/mol. The molecule has 0 saturated carbocycles. The van der Waals surface area contributed by atoms with Crippen molar-refractivity contribution in [1.29, 1.82) is 0 Å². The van der Waals surface area contributed by atoms with Gasteiger partial charge in [-0.15, -0.1) is 0 Å². The van der Waals surface area contributed by atoms with Gasteiger partial charge in [0.1, 0.15) is 0 Å². The first-order chi connectivity index (χ1) is 19.5. The molecule has 0 aromatic heterocycles. The average Bonchev–Trinajstić information content (AvgIpc) is 2.93. The van der Waals surface area contributed by atoms with Crippen LogP contribution in [-0.4, -0.2) is 50.7 Å². The fourth-order valence-corrected chi connectivity index (χ4v) is 5.30. The molecule has 0 radical (unpaired) electrons. The Balaban J connectivity index is -0.000000328. The van der Waals surface area contributed by atoms with Crippen LogP contribution in [0.5, 0.6) is 0 Å². The Kier molecular flexibility index (Phi) is 52.2. The van der Waals surface area contributed by atoms with Gasteiger partial charge in [0.25, 0.3) is 0 Å². The topological polar surface area (TPSA) is 106 Å². The van der Waals surface area contributed by atoms with E-state index < -0.39 is 11.9 Å². The third kappa shape index (κ3) is 52.3. The van der Waals surface area contributed by atoms with E-state index in [0.29, 0.717) is 12.8 Å². The Bertz CT molecular complexity index is 457. The summed E-state index contributed by atoms with van der Waals surface area (Å²) in [6, 6.07) is 0. The quantitative estimate of drug-likeness (QED) is 0.0582. The maximum absolute atomic E-state index is 10.3. The number of carbonyl (C=O) groups is 2. The molecule has 0 aromatic carbocycles. The number of carboxylic acids is 2. The zero-order valence-corrected chi connectivity index (χ0v) is 27.8. The van der Waals surface area contributed by atoms with Crippen molar-refractivity contribution in [3.63, 3.8) is 0 Å². The standard InChI is InChI=1S/2C18H36O2.Mg.H2O.2H/c2*1-2-3-4-5-6-7-8-9-10-11-12-13-14-15-16-17-18(19)20;;;;/h2*2-17H2,1H3,(H,19,20);;1H2;;. The predicted octanol–water partition coefficient (Wildman–Crippen LogP) is 10.9. The molecule has 0 aliphatic carbocycles. The minimum absolute atomic E-state index is 0. The van der Waals surface area contributed by atoms with Gasteiger partial charge in [0.05, 0.1) is 0 Å². The molecule has 0 saturated heterocycles. The Morgan fingerprint density at radius 1 is 0.333 bits per heavy atom. The van der Waals surface area contributed by atoms with Crippen LogP contribution in [0.2, 0.25) is 0 Å². The molecule has 0 amide bonds. The lowest BCUT2D eigenvalue weighted by Gasteiger charge is -2.03. The highest BCUT2D eigenvalue weighted by atomic mass is 24.3. The molecule has 5 nitrogen and oxygen atoms in total. The maximum atomic E-state index is 10.3. The van der Waals surface area contributed by atoms with Crippen LogP contribution in [0.15, 0.2) is 0 Å². The van der Waals surface area contributed by atoms with E-state index in [1.54, 1.807) is 0 Å². The van der Waals surface area contributed by atoms with Crippen LogP contribution in [0, 0.1) is 0 Å². The summed E-state index contributed by atoms with van der Waals surface area (Å²) in [5.41, 5.74) is 0. The molecule has 0 aromatic rings. The summed E-state index contributed by atoms with van der Waals surface area (Å²) in [4.78, 5) is 20.7. The first-order valence-corrected chi connectivity index (χ1v) is 18.0. The number of rotatable bonds is 32. The first-order valence-electron chi connectivity index (χ1n) is 18.0. The second-order valence-electron chi connectivity index (χ2n) is 12.2. The Morgan fingerprint density at radius 3 is 0.619 bits per heavy atom. The number of hydrogen-bond donors (Lipinski definition) is 2. The zero-order chi connectivity index (χ0) is 29.8. The van der Waals surface area contributed by atoms with Gasteiger partial charge >= 0.3 is 35.0 Å². The van der Waals surface area contributed by atoms with Crippen molar-refractivity contribution in [2.45, 2.75) is 219 Å². The van der Waals surface area contributed by atoms with E-state index in [2.05, 4.69) is 13.8 Å². The lowest BCUT2D eigenvalue weighted by molar-refractivity contribution is -0.138. The molecule has 0 atom stereocenters. The van der Waals surface area contributed by atoms with E-state index in [1.165, 1.54) is 167 Å². The summed E-state index contributed by atoms with van der Waals surface area (Å²) >= 11 is 0. The molecule has 0 unspecified atom stereocenters. The molecule has 0 heterocycles. The van der Waals surface area contributed by atoms with Crippen LogP contribution >= 0.6 is 0 Å². The van der Waals surface area contributed by atoms with Crippen LogP contribution in [0.3, 0.4) is 0 Å². The van der Waals surface area contributed by atoms with Gasteiger partial charge in [-0.05, 0) is 12.8 Å². The van der Waals surface area contributed by atoms with Crippen molar-refractivity contribution in [2.24, 2.45) is 0 Å². The van der Waals surface area contributed by atoms with Crippen molar-refractivity contribution in [1.82, 2.24) is 0 Å². The third-order valence-electron chi connectivity index (χ3n) is 7.99. The summed E-state index contributed by atoms with van der Waals surface area (Å²) in [5, 5.41) is 17.0. The fourth-order valence-electron chi connectivity index (χ4n) is 5.30. The van der Waals surface area contributed by atoms with Crippen LogP contribution in [0.25, 0.3) is 0 Å². The van der Waals surface area contributed by atoms with Crippen LogP contribution in [0.4, 0.5) is 0 Å². The van der Waals surface area contributed by atoms with E-state index >= 15 is 0 Å². The van der Waals surface area contributed by atoms with Gasteiger partial charge in [-0.1, -0.05) is 194 Å². The summed E-state index contributed by atoms with van der Waals surface area (Å²) in [6.45, 7) is 4.54. The molecule has 0 aliphatic rings. The highest BCUT2D eigenvalue weighted by Crippen LogP contribution is 2.15. The highest BCUT2D eigenvalue weighted by Gasteiger charge is 1.98. The van der Waals surface area contributed by atoms with E-state index in [-0.39, 0.29) is 28.5 Å². The SMILES string of the molecule is CCCCCCCCCCCCCCCCCC(=O)O.CCCCCCCCCCCCCCCCCC(=O)O.O.[MgH2]. The highest BCUT2D eigenvalue weighted by molar-refractivity contribution is 5.75. The van der Waals surface area contributed by atoms with Gasteiger partial charge in [-0.2, -0.15) is 0 Å². The second kappa shape index (κ2) is 45.1. The Hall–Kier alpha value is -0.334. The molecule has 0 aliphatic heterocycles. The molecule has 6 heteroatoms. The molecular formula is C36H76MgO5. The van der Waals surface area contributed by atoms with Crippen molar-refractivity contribution >= 4 is 35.0 Å². The van der Waals surface area contributed by atoms with Crippen LogP contribution < -0.4 is 0 Å².